The molecular weight excluding hydrogens is 252 g/mol. The van der Waals surface area contributed by atoms with Crippen LogP contribution in [0, 0.1) is 6.92 Å². The fourth-order valence-electron chi connectivity index (χ4n) is 2.63. The van der Waals surface area contributed by atoms with Crippen LogP contribution in [0.5, 0.6) is 0 Å². The van der Waals surface area contributed by atoms with E-state index in [-0.39, 0.29) is 0 Å². The highest BCUT2D eigenvalue weighted by atomic mass is 32.1. The first kappa shape index (κ1) is 12.7. The lowest BCUT2D eigenvalue weighted by atomic mass is 9.99. The van der Waals surface area contributed by atoms with Gasteiger partial charge >= 0.3 is 0 Å². The average molecular weight is 272 g/mol. The number of nitrogens with one attached hydrogen (secondary N) is 2. The van der Waals surface area contributed by atoms with Crippen LogP contribution in [0.25, 0.3) is 0 Å². The maximum absolute atomic E-state index is 3.56. The number of rotatable bonds is 4. The topological polar surface area (TPSA) is 24.1 Å². The van der Waals surface area contributed by atoms with Gasteiger partial charge in [0.15, 0.2) is 0 Å². The number of anilines is 1. The Morgan fingerprint density at radius 2 is 2.11 bits per heavy atom. The van der Waals surface area contributed by atoms with Gasteiger partial charge in [-0.2, -0.15) is 11.3 Å². The molecule has 2 heterocycles. The minimum Gasteiger partial charge on any atom is -0.385 e. The number of thiophene rings is 1. The van der Waals surface area contributed by atoms with Crippen molar-refractivity contribution in [1.29, 1.82) is 0 Å². The highest BCUT2D eigenvalue weighted by molar-refractivity contribution is 7.08. The van der Waals surface area contributed by atoms with Crippen molar-refractivity contribution >= 4 is 17.0 Å². The van der Waals surface area contributed by atoms with E-state index in [1.165, 1.54) is 40.8 Å². The van der Waals surface area contributed by atoms with Gasteiger partial charge < -0.3 is 10.6 Å². The van der Waals surface area contributed by atoms with Gasteiger partial charge in [-0.15, -0.1) is 0 Å². The first-order valence-corrected chi connectivity index (χ1v) is 7.86. The molecule has 0 saturated carbocycles. The van der Waals surface area contributed by atoms with Gasteiger partial charge in [-0.25, -0.2) is 0 Å². The lowest BCUT2D eigenvalue weighted by Gasteiger charge is -2.21. The van der Waals surface area contributed by atoms with Crippen molar-refractivity contribution in [3.8, 4) is 0 Å². The summed E-state index contributed by atoms with van der Waals surface area (Å²) in [6.07, 6.45) is 2.46. The molecule has 100 valence electrons. The van der Waals surface area contributed by atoms with Crippen LogP contribution in [0.4, 0.5) is 5.69 Å². The molecule has 0 bridgehead atoms. The number of fused-ring (bicyclic) bond motifs is 1. The van der Waals surface area contributed by atoms with Gasteiger partial charge in [0.2, 0.25) is 0 Å². The Kier molecular flexibility index (Phi) is 3.85. The lowest BCUT2D eigenvalue weighted by Crippen LogP contribution is -2.18. The van der Waals surface area contributed by atoms with Crippen LogP contribution in [0.3, 0.4) is 0 Å². The molecule has 1 aliphatic heterocycles. The van der Waals surface area contributed by atoms with Crippen molar-refractivity contribution in [3.05, 3.63) is 51.2 Å². The predicted molar refractivity (Wildman–Crippen MR) is 82.9 cm³/mol. The van der Waals surface area contributed by atoms with Crippen molar-refractivity contribution < 1.29 is 0 Å². The molecule has 2 aromatic rings. The Morgan fingerprint density at radius 3 is 2.95 bits per heavy atom. The van der Waals surface area contributed by atoms with Crippen LogP contribution >= 0.6 is 11.3 Å². The third-order valence-electron chi connectivity index (χ3n) is 3.75. The summed E-state index contributed by atoms with van der Waals surface area (Å²) in [7, 11) is 0. The second-order valence-electron chi connectivity index (χ2n) is 5.17. The van der Waals surface area contributed by atoms with E-state index in [1.54, 1.807) is 11.3 Å². The molecule has 1 aromatic carbocycles. The van der Waals surface area contributed by atoms with E-state index >= 15 is 0 Å². The maximum Gasteiger partial charge on any atom is 0.0418 e. The molecule has 1 aliphatic rings. The van der Waals surface area contributed by atoms with Crippen LogP contribution in [0.2, 0.25) is 0 Å². The average Bonchev–Trinajstić information content (AvgIpc) is 2.85. The number of hydrogen-bond acceptors (Lipinski definition) is 3. The summed E-state index contributed by atoms with van der Waals surface area (Å²) < 4.78 is 0. The molecule has 0 saturated heterocycles. The largest absolute Gasteiger partial charge is 0.385 e. The van der Waals surface area contributed by atoms with Crippen molar-refractivity contribution in [1.82, 2.24) is 5.32 Å². The Bertz CT molecular complexity index is 560. The molecule has 3 heteroatoms. The Balaban J connectivity index is 1.66. The molecule has 19 heavy (non-hydrogen) atoms. The third-order valence-corrected chi connectivity index (χ3v) is 4.66. The predicted octanol–water partition coefficient (Wildman–Crippen LogP) is 3.70. The van der Waals surface area contributed by atoms with Crippen molar-refractivity contribution in [2.75, 3.05) is 11.9 Å². The van der Waals surface area contributed by atoms with Crippen LogP contribution in [-0.4, -0.2) is 6.54 Å². The van der Waals surface area contributed by atoms with Gasteiger partial charge in [-0.3, -0.25) is 0 Å². The highest BCUT2D eigenvalue weighted by Crippen LogP contribution is 2.26. The van der Waals surface area contributed by atoms with Crippen molar-refractivity contribution in [2.45, 2.75) is 32.9 Å². The number of benzene rings is 1. The van der Waals surface area contributed by atoms with Crippen LogP contribution in [-0.2, 0) is 19.5 Å². The fraction of sp³-hybridized carbons (Fsp3) is 0.375. The summed E-state index contributed by atoms with van der Waals surface area (Å²) in [4.78, 5) is 0. The SMILES string of the molecule is Cc1cscc1CNCc1cccc2c1NCCC2. The summed E-state index contributed by atoms with van der Waals surface area (Å²) in [5, 5.41) is 11.6. The minimum atomic E-state index is 0.936. The molecule has 0 fully saturated rings. The van der Waals surface area contributed by atoms with Gasteiger partial charge in [0.25, 0.3) is 0 Å². The van der Waals surface area contributed by atoms with Crippen molar-refractivity contribution in [3.63, 3.8) is 0 Å². The highest BCUT2D eigenvalue weighted by Gasteiger charge is 2.11. The van der Waals surface area contributed by atoms with Gasteiger partial charge in [-0.05, 0) is 52.8 Å². The van der Waals surface area contributed by atoms with Crippen LogP contribution < -0.4 is 10.6 Å². The van der Waals surface area contributed by atoms with E-state index in [1.807, 2.05) is 0 Å². The lowest BCUT2D eigenvalue weighted by molar-refractivity contribution is 0.689. The Labute approximate surface area is 118 Å². The standard InChI is InChI=1S/C16H20N2S/c1-12-10-19-11-15(12)9-17-8-14-5-2-4-13-6-3-7-18-16(13)14/h2,4-5,10-11,17-18H,3,6-9H2,1H3. The fourth-order valence-corrected chi connectivity index (χ4v) is 3.49. The van der Waals surface area contributed by atoms with Gasteiger partial charge in [0, 0.05) is 25.3 Å². The maximum atomic E-state index is 3.56. The van der Waals surface area contributed by atoms with Gasteiger partial charge in [-0.1, -0.05) is 18.2 Å². The van der Waals surface area contributed by atoms with Gasteiger partial charge in [0.1, 0.15) is 0 Å². The second-order valence-corrected chi connectivity index (χ2v) is 5.91. The van der Waals surface area contributed by atoms with Crippen LogP contribution in [0.1, 0.15) is 28.7 Å². The van der Waals surface area contributed by atoms with E-state index in [0.717, 1.165) is 19.6 Å². The molecular formula is C16H20N2S. The number of para-hydroxylation sites is 1. The first-order valence-electron chi connectivity index (χ1n) is 6.91. The van der Waals surface area contributed by atoms with E-state index in [4.69, 9.17) is 0 Å². The van der Waals surface area contributed by atoms with Gasteiger partial charge in [0.05, 0.1) is 0 Å². The van der Waals surface area contributed by atoms with E-state index in [9.17, 15) is 0 Å². The summed E-state index contributed by atoms with van der Waals surface area (Å²) in [5.74, 6) is 0. The molecule has 0 atom stereocenters. The molecule has 3 rings (SSSR count). The van der Waals surface area contributed by atoms with E-state index in [2.05, 4.69) is 46.5 Å². The quantitative estimate of drug-likeness (QED) is 0.886. The summed E-state index contributed by atoms with van der Waals surface area (Å²) >= 11 is 1.78. The minimum absolute atomic E-state index is 0.936. The number of hydrogen-bond donors (Lipinski definition) is 2. The Hall–Kier alpha value is -1.32. The van der Waals surface area contributed by atoms with Crippen molar-refractivity contribution in [2.24, 2.45) is 0 Å². The molecule has 0 amide bonds. The normalized spacial score (nSPS) is 13.9. The monoisotopic (exact) mass is 272 g/mol. The summed E-state index contributed by atoms with van der Waals surface area (Å²) in [6, 6.07) is 6.65. The molecule has 1 aromatic heterocycles. The zero-order chi connectivity index (χ0) is 13.1. The zero-order valence-corrected chi connectivity index (χ0v) is 12.1. The molecule has 0 radical (unpaired) electrons. The second kappa shape index (κ2) is 5.76. The smallest absolute Gasteiger partial charge is 0.0418 e. The summed E-state index contributed by atoms with van der Waals surface area (Å²) in [5.41, 5.74) is 7.04. The molecule has 2 N–H and O–H groups in total. The number of aryl methyl sites for hydroxylation is 2. The van der Waals surface area contributed by atoms with Crippen LogP contribution in [0.15, 0.2) is 29.0 Å². The zero-order valence-electron chi connectivity index (χ0n) is 11.3. The van der Waals surface area contributed by atoms with E-state index < -0.39 is 0 Å². The molecule has 0 spiro atoms. The first-order chi connectivity index (χ1) is 9.34. The third kappa shape index (κ3) is 2.82. The summed E-state index contributed by atoms with van der Waals surface area (Å²) in [6.45, 7) is 5.18. The molecule has 2 nitrogen and oxygen atoms in total. The molecule has 0 unspecified atom stereocenters. The molecule has 0 aliphatic carbocycles. The Morgan fingerprint density at radius 1 is 1.21 bits per heavy atom. The van der Waals surface area contributed by atoms with E-state index in [0.29, 0.717) is 0 Å².